The molecule has 0 heterocycles. The van der Waals surface area contributed by atoms with Crippen LogP contribution in [0.3, 0.4) is 0 Å². The molecule has 0 bridgehead atoms. The molecule has 1 unspecified atom stereocenters. The van der Waals surface area contributed by atoms with Gasteiger partial charge in [-0.25, -0.2) is 4.79 Å². The first-order chi connectivity index (χ1) is 19.2. The number of rotatable bonds is 21. The number of amides is 5. The molecule has 224 valence electrons. The average Bonchev–Trinajstić information content (AvgIpc) is 2.92. The zero-order valence-corrected chi connectivity index (χ0v) is 24.3. The van der Waals surface area contributed by atoms with Gasteiger partial charge < -0.3 is 41.2 Å². The van der Waals surface area contributed by atoms with Crippen molar-refractivity contribution in [3.05, 3.63) is 29.8 Å². The largest absolute Gasteiger partial charge is 0.379 e. The predicted octanol–water partition coefficient (Wildman–Crippen LogP) is 0.292. The van der Waals surface area contributed by atoms with Crippen molar-refractivity contribution in [2.45, 2.75) is 58.4 Å². The number of urea groups is 1. The summed E-state index contributed by atoms with van der Waals surface area (Å²) in [5, 5.41) is 10.8. The first kappa shape index (κ1) is 34.9. The molecule has 0 aromatic heterocycles. The molecule has 12 nitrogen and oxygen atoms in total. The fourth-order valence-electron chi connectivity index (χ4n) is 3.63. The normalized spacial score (nSPS) is 12.4. The molecule has 0 spiro atoms. The topological polar surface area (TPSA) is 170 Å². The molecule has 0 fully saturated rings. The van der Waals surface area contributed by atoms with Crippen LogP contribution < -0.4 is 27.0 Å². The van der Waals surface area contributed by atoms with E-state index in [2.05, 4.69) is 21.3 Å². The number of ether oxygens (including phenoxy) is 3. The number of carbonyl (C=O) groups excluding carboxylic acids is 4. The summed E-state index contributed by atoms with van der Waals surface area (Å²) in [4.78, 5) is 49.8. The number of benzene rings is 1. The van der Waals surface area contributed by atoms with Gasteiger partial charge in [0.15, 0.2) is 0 Å². The molecule has 1 aromatic rings. The summed E-state index contributed by atoms with van der Waals surface area (Å²) < 4.78 is 16.0. The van der Waals surface area contributed by atoms with E-state index in [1.54, 1.807) is 12.1 Å². The van der Waals surface area contributed by atoms with E-state index < -0.39 is 29.9 Å². The Morgan fingerprint density at radius 2 is 1.52 bits per heavy atom. The molecule has 6 N–H and O–H groups in total. The minimum absolute atomic E-state index is 0.0753. The van der Waals surface area contributed by atoms with Gasteiger partial charge in [-0.2, -0.15) is 0 Å². The van der Waals surface area contributed by atoms with Crippen LogP contribution in [0.2, 0.25) is 0 Å². The molecule has 5 amide bonds. The molecule has 0 saturated carbocycles. The van der Waals surface area contributed by atoms with Gasteiger partial charge in [0.05, 0.1) is 33.0 Å². The van der Waals surface area contributed by atoms with Crippen LogP contribution in [0.1, 0.15) is 45.6 Å². The lowest BCUT2D eigenvalue weighted by molar-refractivity contribution is -0.132. The van der Waals surface area contributed by atoms with Crippen molar-refractivity contribution in [1.29, 1.82) is 0 Å². The molecular weight excluding hydrogens is 517 g/mol. The second-order valence-electron chi connectivity index (χ2n) is 9.50. The molecule has 2 atom stereocenters. The molecular formula is C27H46BN5O7. The van der Waals surface area contributed by atoms with Crippen LogP contribution in [0.5, 0.6) is 0 Å². The van der Waals surface area contributed by atoms with Crippen LogP contribution in [-0.2, 0) is 34.9 Å². The van der Waals surface area contributed by atoms with Crippen molar-refractivity contribution in [3.63, 3.8) is 0 Å². The number of anilines is 1. The maximum Gasteiger partial charge on any atom is 0.312 e. The Morgan fingerprint density at radius 3 is 2.10 bits per heavy atom. The lowest BCUT2D eigenvalue weighted by Gasteiger charge is -2.25. The second-order valence-corrected chi connectivity index (χ2v) is 9.50. The van der Waals surface area contributed by atoms with Crippen molar-refractivity contribution in [1.82, 2.24) is 16.0 Å². The summed E-state index contributed by atoms with van der Waals surface area (Å²) in [5.74, 6) is -1.45. The van der Waals surface area contributed by atoms with Crippen molar-refractivity contribution in [2.24, 2.45) is 11.7 Å². The van der Waals surface area contributed by atoms with Gasteiger partial charge in [0.25, 0.3) is 0 Å². The number of hydrogen-bond donors (Lipinski definition) is 5. The third-order valence-electron chi connectivity index (χ3n) is 5.92. The number of carbonyl (C=O) groups is 4. The third kappa shape index (κ3) is 15.4. The van der Waals surface area contributed by atoms with Gasteiger partial charge in [0.2, 0.25) is 17.7 Å². The average molecular weight is 564 g/mol. The van der Waals surface area contributed by atoms with Gasteiger partial charge in [0.1, 0.15) is 19.9 Å². The maximum atomic E-state index is 13.2. The van der Waals surface area contributed by atoms with Crippen molar-refractivity contribution in [2.75, 3.05) is 51.5 Å². The molecule has 1 aromatic carbocycles. The van der Waals surface area contributed by atoms with Gasteiger partial charge in [0, 0.05) is 25.3 Å². The molecule has 0 aliphatic rings. The van der Waals surface area contributed by atoms with E-state index in [4.69, 9.17) is 19.9 Å². The SMILES string of the molecule is BCc1ccc(NC(=O)[C@H](CCCNC(N)=O)NC(=O)C(NC(=O)CCOCCOCCOCC)C(C)C)cc1. The van der Waals surface area contributed by atoms with Crippen LogP contribution in [0.15, 0.2) is 24.3 Å². The highest BCUT2D eigenvalue weighted by molar-refractivity contribution is 6.08. The Hall–Kier alpha value is -3.16. The summed E-state index contributed by atoms with van der Waals surface area (Å²) >= 11 is 0. The summed E-state index contributed by atoms with van der Waals surface area (Å²) in [7, 11) is 2.04. The van der Waals surface area contributed by atoms with Crippen molar-refractivity contribution >= 4 is 37.3 Å². The van der Waals surface area contributed by atoms with Crippen LogP contribution in [-0.4, -0.2) is 89.9 Å². The van der Waals surface area contributed by atoms with E-state index in [0.29, 0.717) is 45.1 Å². The Balaban J connectivity index is 2.66. The number of nitrogens with two attached hydrogens (primary N) is 1. The first-order valence-corrected chi connectivity index (χ1v) is 13.9. The summed E-state index contributed by atoms with van der Waals surface area (Å²) in [5.41, 5.74) is 6.85. The van der Waals surface area contributed by atoms with Crippen LogP contribution in [0, 0.1) is 5.92 Å². The van der Waals surface area contributed by atoms with Gasteiger partial charge in [-0.3, -0.25) is 14.4 Å². The molecule has 1 rings (SSSR count). The molecule has 0 radical (unpaired) electrons. The highest BCUT2D eigenvalue weighted by Crippen LogP contribution is 2.12. The molecule has 0 saturated heterocycles. The van der Waals surface area contributed by atoms with Crippen molar-refractivity contribution in [3.8, 4) is 0 Å². The standard InChI is InChI=1S/C27H46BN5O7/c1-4-38-14-15-40-17-16-39-13-11-23(34)33-24(19(2)3)26(36)32-22(6-5-12-30-27(29)37)25(35)31-21-9-7-20(18-28)8-10-21/h7-10,19,22,24H,4-6,11-18,28H2,1-3H3,(H,31,35)(H,32,36)(H,33,34)(H3,29,30,37)/t22-,24?/m0/s1. The molecule has 0 aliphatic heterocycles. The van der Waals surface area contributed by atoms with E-state index in [9.17, 15) is 19.2 Å². The fourth-order valence-corrected chi connectivity index (χ4v) is 3.63. The van der Waals surface area contributed by atoms with Crippen molar-refractivity contribution < 1.29 is 33.4 Å². The first-order valence-electron chi connectivity index (χ1n) is 13.9. The molecule has 0 aliphatic carbocycles. The van der Waals surface area contributed by atoms with Gasteiger partial charge in [-0.1, -0.05) is 37.9 Å². The summed E-state index contributed by atoms with van der Waals surface area (Å²) in [6.45, 7) is 8.35. The Kier molecular flexibility index (Phi) is 18.1. The van der Waals surface area contributed by atoms with Crippen LogP contribution in [0.4, 0.5) is 10.5 Å². The van der Waals surface area contributed by atoms with E-state index in [1.165, 1.54) is 0 Å². The quantitative estimate of drug-likeness (QED) is 0.106. The van der Waals surface area contributed by atoms with Crippen LogP contribution >= 0.6 is 0 Å². The van der Waals surface area contributed by atoms with E-state index >= 15 is 0 Å². The van der Waals surface area contributed by atoms with Crippen LogP contribution in [0.25, 0.3) is 0 Å². The number of hydrogen-bond acceptors (Lipinski definition) is 7. The Morgan fingerprint density at radius 1 is 0.900 bits per heavy atom. The number of primary amides is 1. The molecule has 13 heteroatoms. The minimum Gasteiger partial charge on any atom is -0.379 e. The lowest BCUT2D eigenvalue weighted by Crippen LogP contribution is -2.54. The zero-order chi connectivity index (χ0) is 29.8. The smallest absolute Gasteiger partial charge is 0.312 e. The van der Waals surface area contributed by atoms with E-state index in [-0.39, 0.29) is 37.8 Å². The highest BCUT2D eigenvalue weighted by Gasteiger charge is 2.28. The highest BCUT2D eigenvalue weighted by atomic mass is 16.5. The second kappa shape index (κ2) is 20.7. The predicted molar refractivity (Wildman–Crippen MR) is 156 cm³/mol. The lowest BCUT2D eigenvalue weighted by atomic mass is 9.97. The number of nitrogens with one attached hydrogen (secondary N) is 4. The fraction of sp³-hybridized carbons (Fsp3) is 0.630. The Bertz CT molecular complexity index is 902. The van der Waals surface area contributed by atoms with Gasteiger partial charge in [-0.05, 0) is 37.8 Å². The minimum atomic E-state index is -0.891. The van der Waals surface area contributed by atoms with Gasteiger partial charge >= 0.3 is 6.03 Å². The van der Waals surface area contributed by atoms with Gasteiger partial charge in [-0.15, -0.1) is 0 Å². The zero-order valence-electron chi connectivity index (χ0n) is 24.3. The van der Waals surface area contributed by atoms with E-state index in [0.717, 1.165) is 11.9 Å². The monoisotopic (exact) mass is 563 g/mol. The Labute approximate surface area is 238 Å². The summed E-state index contributed by atoms with van der Waals surface area (Å²) in [6.07, 6.45) is 1.61. The maximum absolute atomic E-state index is 13.2. The third-order valence-corrected chi connectivity index (χ3v) is 5.92. The van der Waals surface area contributed by atoms with E-state index in [1.807, 2.05) is 40.8 Å². The molecule has 40 heavy (non-hydrogen) atoms. The summed E-state index contributed by atoms with van der Waals surface area (Å²) in [6, 6.07) is 5.04.